The maximum atomic E-state index is 12.7. The minimum Gasteiger partial charge on any atom is -0.466 e. The third-order valence-corrected chi connectivity index (χ3v) is 7.01. The standard InChI is InChI=1S/C21H30N2O3S/c1-15-5-6-16(2)21(11-15)27(24,25)22-13-19-7-9-23(10-8-19)14-20-12-17(3)26-18(20)4/h5-6,11-12,19,22H,7-10,13-14H2,1-4H3. The summed E-state index contributed by atoms with van der Waals surface area (Å²) in [5, 5.41) is 0. The molecule has 1 saturated heterocycles. The Balaban J connectivity index is 1.52. The molecule has 1 aromatic heterocycles. The first-order chi connectivity index (χ1) is 12.7. The van der Waals surface area contributed by atoms with Crippen molar-refractivity contribution >= 4 is 10.0 Å². The first-order valence-corrected chi connectivity index (χ1v) is 11.1. The fraction of sp³-hybridized carbons (Fsp3) is 0.524. The Kier molecular flexibility index (Phi) is 6.08. The van der Waals surface area contributed by atoms with Crippen molar-refractivity contribution < 1.29 is 12.8 Å². The van der Waals surface area contributed by atoms with E-state index in [0.29, 0.717) is 17.4 Å². The highest BCUT2D eigenvalue weighted by Gasteiger charge is 2.23. The van der Waals surface area contributed by atoms with Crippen molar-refractivity contribution in [2.24, 2.45) is 5.92 Å². The lowest BCUT2D eigenvalue weighted by atomic mass is 9.97. The molecule has 0 saturated carbocycles. The molecule has 1 fully saturated rings. The molecule has 5 nitrogen and oxygen atoms in total. The molecule has 6 heteroatoms. The van der Waals surface area contributed by atoms with Gasteiger partial charge in [-0.15, -0.1) is 0 Å². The first kappa shape index (κ1) is 20.1. The Morgan fingerprint density at radius 3 is 2.44 bits per heavy atom. The Morgan fingerprint density at radius 1 is 1.11 bits per heavy atom. The van der Waals surface area contributed by atoms with Gasteiger partial charge in [0.2, 0.25) is 10.0 Å². The summed E-state index contributed by atoms with van der Waals surface area (Å²) >= 11 is 0. The van der Waals surface area contributed by atoms with Crippen LogP contribution in [0.2, 0.25) is 0 Å². The van der Waals surface area contributed by atoms with Crippen LogP contribution in [0.4, 0.5) is 0 Å². The zero-order chi connectivity index (χ0) is 19.6. The monoisotopic (exact) mass is 390 g/mol. The van der Waals surface area contributed by atoms with Gasteiger partial charge in [0.25, 0.3) is 0 Å². The number of piperidine rings is 1. The smallest absolute Gasteiger partial charge is 0.240 e. The number of sulfonamides is 1. The van der Waals surface area contributed by atoms with Crippen molar-refractivity contribution in [2.45, 2.75) is 52.0 Å². The van der Waals surface area contributed by atoms with Crippen LogP contribution in [-0.4, -0.2) is 33.0 Å². The minimum atomic E-state index is -3.45. The zero-order valence-electron chi connectivity index (χ0n) is 16.7. The Hall–Kier alpha value is -1.63. The van der Waals surface area contributed by atoms with Crippen LogP contribution in [0.1, 0.15) is 41.1 Å². The number of hydrogen-bond acceptors (Lipinski definition) is 4. The van der Waals surface area contributed by atoms with E-state index in [1.165, 1.54) is 5.56 Å². The van der Waals surface area contributed by atoms with E-state index in [4.69, 9.17) is 4.42 Å². The fourth-order valence-electron chi connectivity index (χ4n) is 3.73. The van der Waals surface area contributed by atoms with Crippen LogP contribution in [0.5, 0.6) is 0 Å². The van der Waals surface area contributed by atoms with Crippen LogP contribution in [0.3, 0.4) is 0 Å². The summed E-state index contributed by atoms with van der Waals surface area (Å²) in [5.74, 6) is 2.34. The van der Waals surface area contributed by atoms with Crippen molar-refractivity contribution in [3.63, 3.8) is 0 Å². The van der Waals surface area contributed by atoms with Crippen molar-refractivity contribution in [3.05, 3.63) is 52.5 Å². The Labute approximate surface area is 162 Å². The van der Waals surface area contributed by atoms with Gasteiger partial charge < -0.3 is 4.42 Å². The highest BCUT2D eigenvalue weighted by atomic mass is 32.2. The van der Waals surface area contributed by atoms with E-state index in [1.807, 2.05) is 39.8 Å². The normalized spacial score (nSPS) is 16.7. The lowest BCUT2D eigenvalue weighted by Crippen LogP contribution is -2.38. The summed E-state index contributed by atoms with van der Waals surface area (Å²) in [5.41, 5.74) is 2.99. The molecule has 2 heterocycles. The number of hydrogen-bond donors (Lipinski definition) is 1. The van der Waals surface area contributed by atoms with Crippen molar-refractivity contribution in [1.29, 1.82) is 0 Å². The van der Waals surface area contributed by atoms with Gasteiger partial charge >= 0.3 is 0 Å². The van der Waals surface area contributed by atoms with E-state index in [0.717, 1.165) is 55.1 Å². The molecule has 1 aliphatic heterocycles. The van der Waals surface area contributed by atoms with E-state index in [1.54, 1.807) is 6.07 Å². The van der Waals surface area contributed by atoms with Gasteiger partial charge in [-0.25, -0.2) is 13.1 Å². The topological polar surface area (TPSA) is 62.6 Å². The molecule has 0 spiro atoms. The summed E-state index contributed by atoms with van der Waals surface area (Å²) in [7, 11) is -3.45. The molecule has 148 valence electrons. The molecular formula is C21H30N2O3S. The van der Waals surface area contributed by atoms with Crippen LogP contribution in [0.25, 0.3) is 0 Å². The molecule has 1 aromatic carbocycles. The molecular weight excluding hydrogens is 360 g/mol. The van der Waals surface area contributed by atoms with Crippen molar-refractivity contribution in [3.8, 4) is 0 Å². The molecule has 0 bridgehead atoms. The van der Waals surface area contributed by atoms with Crippen LogP contribution in [0, 0.1) is 33.6 Å². The first-order valence-electron chi connectivity index (χ1n) is 9.60. The maximum absolute atomic E-state index is 12.7. The predicted molar refractivity (Wildman–Crippen MR) is 107 cm³/mol. The van der Waals surface area contributed by atoms with Gasteiger partial charge in [0.15, 0.2) is 0 Å². The number of likely N-dealkylation sites (tertiary alicyclic amines) is 1. The maximum Gasteiger partial charge on any atom is 0.240 e. The van der Waals surface area contributed by atoms with Gasteiger partial charge in [-0.2, -0.15) is 0 Å². The Morgan fingerprint density at radius 2 is 1.81 bits per heavy atom. The molecule has 2 aromatic rings. The van der Waals surface area contributed by atoms with Crippen LogP contribution in [-0.2, 0) is 16.6 Å². The molecule has 27 heavy (non-hydrogen) atoms. The molecule has 0 radical (unpaired) electrons. The van der Waals surface area contributed by atoms with Crippen LogP contribution >= 0.6 is 0 Å². The molecule has 0 aliphatic carbocycles. The third-order valence-electron chi connectivity index (χ3n) is 5.44. The molecule has 0 atom stereocenters. The van der Waals surface area contributed by atoms with Gasteiger partial charge in [0, 0.05) is 18.7 Å². The molecule has 1 aliphatic rings. The van der Waals surface area contributed by atoms with Gasteiger partial charge in [-0.05, 0) is 82.8 Å². The second kappa shape index (κ2) is 8.17. The van der Waals surface area contributed by atoms with E-state index in [2.05, 4.69) is 15.7 Å². The van der Waals surface area contributed by atoms with E-state index < -0.39 is 10.0 Å². The second-order valence-corrected chi connectivity index (χ2v) is 9.51. The number of nitrogens with zero attached hydrogens (tertiary/aromatic N) is 1. The number of benzene rings is 1. The van der Waals surface area contributed by atoms with Gasteiger partial charge in [-0.3, -0.25) is 4.90 Å². The molecule has 1 N–H and O–H groups in total. The SMILES string of the molecule is Cc1ccc(C)c(S(=O)(=O)NCC2CCN(Cc3cc(C)oc3C)CC2)c1. The van der Waals surface area contributed by atoms with Crippen LogP contribution in [0.15, 0.2) is 33.6 Å². The lowest BCUT2D eigenvalue weighted by Gasteiger charge is -2.31. The number of rotatable bonds is 6. The number of aryl methyl sites for hydroxylation is 4. The van der Waals surface area contributed by atoms with Crippen molar-refractivity contribution in [2.75, 3.05) is 19.6 Å². The average molecular weight is 391 g/mol. The van der Waals surface area contributed by atoms with Gasteiger partial charge in [0.1, 0.15) is 11.5 Å². The third kappa shape index (κ3) is 5.00. The average Bonchev–Trinajstić information content (AvgIpc) is 2.93. The summed E-state index contributed by atoms with van der Waals surface area (Å²) in [6.45, 7) is 11.1. The largest absolute Gasteiger partial charge is 0.466 e. The summed E-state index contributed by atoms with van der Waals surface area (Å²) in [6.07, 6.45) is 2.01. The zero-order valence-corrected chi connectivity index (χ0v) is 17.5. The molecule has 3 rings (SSSR count). The summed E-state index contributed by atoms with van der Waals surface area (Å²) in [4.78, 5) is 2.82. The molecule has 0 unspecified atom stereocenters. The summed E-state index contributed by atoms with van der Waals surface area (Å²) in [6, 6.07) is 7.66. The highest BCUT2D eigenvalue weighted by Crippen LogP contribution is 2.22. The second-order valence-electron chi connectivity index (χ2n) is 7.78. The minimum absolute atomic E-state index is 0.383. The quantitative estimate of drug-likeness (QED) is 0.817. The van der Waals surface area contributed by atoms with Crippen molar-refractivity contribution in [1.82, 2.24) is 9.62 Å². The fourth-order valence-corrected chi connectivity index (χ4v) is 5.18. The van der Waals surface area contributed by atoms with E-state index >= 15 is 0 Å². The lowest BCUT2D eigenvalue weighted by molar-refractivity contribution is 0.178. The number of furan rings is 1. The molecule has 0 amide bonds. The highest BCUT2D eigenvalue weighted by molar-refractivity contribution is 7.89. The number of nitrogens with one attached hydrogen (secondary N) is 1. The summed E-state index contributed by atoms with van der Waals surface area (Å²) < 4.78 is 33.8. The van der Waals surface area contributed by atoms with Gasteiger partial charge in [0.05, 0.1) is 4.90 Å². The van der Waals surface area contributed by atoms with Gasteiger partial charge in [-0.1, -0.05) is 12.1 Å². The van der Waals surface area contributed by atoms with E-state index in [-0.39, 0.29) is 0 Å². The van der Waals surface area contributed by atoms with Crippen LogP contribution < -0.4 is 4.72 Å². The van der Waals surface area contributed by atoms with E-state index in [9.17, 15) is 8.42 Å². The predicted octanol–water partition coefficient (Wildman–Crippen LogP) is 3.70. The Bertz CT molecular complexity index is 894.